The Bertz CT molecular complexity index is 1750. The smallest absolute Gasteiger partial charge is 0.220 e. The third kappa shape index (κ3) is 77.5. The molecule has 0 heterocycles. The van der Waals surface area contributed by atoms with Crippen LogP contribution in [0.25, 0.3) is 0 Å². The summed E-state index contributed by atoms with van der Waals surface area (Å²) in [6.45, 7) is 21.5. The average molecular weight is 1500 g/mol. The zero-order valence-electron chi connectivity index (χ0n) is 71.7. The maximum absolute atomic E-state index is 13.3. The van der Waals surface area contributed by atoms with Crippen molar-refractivity contribution in [1.29, 1.82) is 0 Å². The maximum atomic E-state index is 13.3. The van der Waals surface area contributed by atoms with Crippen molar-refractivity contribution in [3.8, 4) is 0 Å². The largest absolute Gasteiger partial charge is 0.356 e. The molecule has 6 N–H and O–H groups in total. The summed E-state index contributed by atoms with van der Waals surface area (Å²) in [7, 11) is 0. The van der Waals surface area contributed by atoms with Crippen LogP contribution in [0.3, 0.4) is 0 Å². The van der Waals surface area contributed by atoms with E-state index in [2.05, 4.69) is 83.2 Å². The third-order valence-corrected chi connectivity index (χ3v) is 22.2. The van der Waals surface area contributed by atoms with Gasteiger partial charge in [-0.05, 0) is 116 Å². The van der Waals surface area contributed by atoms with Crippen LogP contribution >= 0.6 is 0 Å². The van der Waals surface area contributed by atoms with Gasteiger partial charge in [0.15, 0.2) is 0 Å². The van der Waals surface area contributed by atoms with Crippen molar-refractivity contribution >= 4 is 35.4 Å². The van der Waals surface area contributed by atoms with Gasteiger partial charge in [0, 0.05) is 89.9 Å². The summed E-state index contributed by atoms with van der Waals surface area (Å²) in [5.41, 5.74) is 0. The molecule has 0 bridgehead atoms. The van der Waals surface area contributed by atoms with Crippen LogP contribution in [0.2, 0.25) is 0 Å². The van der Waals surface area contributed by atoms with E-state index in [-0.39, 0.29) is 48.3 Å². The van der Waals surface area contributed by atoms with Gasteiger partial charge < -0.3 is 41.7 Å². The van der Waals surface area contributed by atoms with Gasteiger partial charge in [-0.15, -0.1) is 0 Å². The Labute approximate surface area is 658 Å². The predicted molar refractivity (Wildman–Crippen MR) is 457 cm³/mol. The highest BCUT2D eigenvalue weighted by Crippen LogP contribution is 2.20. The lowest BCUT2D eigenvalue weighted by atomic mass is 9.99. The van der Waals surface area contributed by atoms with E-state index in [9.17, 15) is 28.8 Å². The van der Waals surface area contributed by atoms with Crippen LogP contribution in [0.4, 0.5) is 0 Å². The Hall–Kier alpha value is -3.26. The van der Waals surface area contributed by atoms with Crippen molar-refractivity contribution < 1.29 is 28.8 Å². The van der Waals surface area contributed by atoms with Crippen LogP contribution in [0.1, 0.15) is 478 Å². The molecule has 0 saturated heterocycles. The molecule has 626 valence electrons. The lowest BCUT2D eigenvalue weighted by Crippen LogP contribution is -2.37. The van der Waals surface area contributed by atoms with Crippen molar-refractivity contribution in [1.82, 2.24) is 41.7 Å². The number of unbranched alkanes of at least 4 members (excludes halogenated alkanes) is 48. The molecular weight excluding hydrogens is 1310 g/mol. The SMILES string of the molecule is CCCCCCCCCCCNC(=O)CCCCCN(CCCCCCCC(=O)NC(CCCCCCCC)CCCCCCCC)CCNC(=O)CCC(=O)NCCN(CCCCCCCC(=O)NC(CCCCCCCC)CCCCCCCC)CCCCCC(=O)NCCCCCCCCCCC. The molecule has 0 spiro atoms. The molecule has 0 atom stereocenters. The summed E-state index contributed by atoms with van der Waals surface area (Å²) >= 11 is 0. The Morgan fingerprint density at radius 2 is 0.377 bits per heavy atom. The minimum atomic E-state index is -0.0979. The summed E-state index contributed by atoms with van der Waals surface area (Å²) in [6.07, 6.45) is 77.2. The molecule has 0 aliphatic heterocycles. The van der Waals surface area contributed by atoms with Gasteiger partial charge in [-0.2, -0.15) is 0 Å². The van der Waals surface area contributed by atoms with E-state index < -0.39 is 0 Å². The van der Waals surface area contributed by atoms with Crippen LogP contribution in [0, 0.1) is 0 Å². The molecule has 0 aliphatic carbocycles. The summed E-state index contributed by atoms with van der Waals surface area (Å²) in [5, 5.41) is 19.5. The third-order valence-electron chi connectivity index (χ3n) is 22.2. The molecule has 6 amide bonds. The van der Waals surface area contributed by atoms with E-state index in [0.29, 0.717) is 50.9 Å². The standard InChI is InChI=1S/C92H182N8O6/c1-7-13-19-25-31-33-35-45-59-75-93-87(101)69-57-49-63-81-99(79-61-47-37-43-55-71-91(105)97-85(65-51-39-27-21-15-9-3)66-52-40-28-22-16-10-4)83-77-95-89(103)73-74-90(104)96-78-84-100(82-64-50-58-70-88(102)94-76-60-46-36-34-32-26-20-14-8-2)80-62-48-38-44-56-72-92(106)98-86(67-53-41-29-23-17-11-5)68-54-42-30-24-18-12-6/h85-86H,7-84H2,1-6H3,(H,93,101)(H,94,102)(H,95,103)(H,96,104)(H,97,105)(H,98,106). The van der Waals surface area contributed by atoms with E-state index in [1.165, 1.54) is 257 Å². The summed E-state index contributed by atoms with van der Waals surface area (Å²) in [6, 6.07) is 0.624. The number of amides is 6. The monoisotopic (exact) mass is 1500 g/mol. The van der Waals surface area contributed by atoms with Gasteiger partial charge >= 0.3 is 0 Å². The number of hydrogen-bond acceptors (Lipinski definition) is 8. The molecule has 0 fully saturated rings. The number of nitrogens with one attached hydrogen (secondary N) is 6. The average Bonchev–Trinajstić information content (AvgIpc) is 1.03. The molecule has 0 aromatic carbocycles. The highest BCUT2D eigenvalue weighted by molar-refractivity contribution is 5.83. The molecule has 0 radical (unpaired) electrons. The molecule has 14 nitrogen and oxygen atoms in total. The van der Waals surface area contributed by atoms with Crippen LogP contribution in [0.5, 0.6) is 0 Å². The van der Waals surface area contributed by atoms with Gasteiger partial charge in [-0.25, -0.2) is 0 Å². The van der Waals surface area contributed by atoms with E-state index >= 15 is 0 Å². The van der Waals surface area contributed by atoms with Crippen molar-refractivity contribution in [2.24, 2.45) is 0 Å². The van der Waals surface area contributed by atoms with Gasteiger partial charge in [0.25, 0.3) is 0 Å². The maximum Gasteiger partial charge on any atom is 0.220 e. The highest BCUT2D eigenvalue weighted by Gasteiger charge is 2.17. The summed E-state index contributed by atoms with van der Waals surface area (Å²) in [4.78, 5) is 83.3. The molecule has 0 unspecified atom stereocenters. The van der Waals surface area contributed by atoms with E-state index in [1.807, 2.05) is 0 Å². The number of carbonyl (C=O) groups is 6. The normalized spacial score (nSPS) is 11.6. The number of nitrogens with zero attached hydrogens (tertiary/aromatic N) is 2. The lowest BCUT2D eigenvalue weighted by Gasteiger charge is -2.23. The molecule has 0 aliphatic rings. The van der Waals surface area contributed by atoms with Crippen LogP contribution in [0.15, 0.2) is 0 Å². The van der Waals surface area contributed by atoms with Gasteiger partial charge in [0.05, 0.1) is 0 Å². The van der Waals surface area contributed by atoms with E-state index in [0.717, 1.165) is 194 Å². The first-order valence-corrected chi connectivity index (χ1v) is 47.1. The van der Waals surface area contributed by atoms with Gasteiger partial charge in [0.1, 0.15) is 0 Å². The zero-order valence-corrected chi connectivity index (χ0v) is 71.7. The number of carbonyl (C=O) groups excluding carboxylic acids is 6. The Morgan fingerprint density at radius 1 is 0.189 bits per heavy atom. The Balaban J connectivity index is 5.37. The van der Waals surface area contributed by atoms with Gasteiger partial charge in [0.2, 0.25) is 35.4 Å². The Kier molecular flexibility index (Phi) is 81.6. The van der Waals surface area contributed by atoms with Crippen molar-refractivity contribution in [3.05, 3.63) is 0 Å². The molecule has 106 heavy (non-hydrogen) atoms. The molecule has 0 aromatic heterocycles. The topological polar surface area (TPSA) is 181 Å². The lowest BCUT2D eigenvalue weighted by molar-refractivity contribution is -0.126. The molecule has 0 aromatic rings. The predicted octanol–water partition coefficient (Wildman–Crippen LogP) is 23.7. The van der Waals surface area contributed by atoms with Crippen LogP contribution < -0.4 is 31.9 Å². The van der Waals surface area contributed by atoms with E-state index in [1.54, 1.807) is 0 Å². The van der Waals surface area contributed by atoms with Crippen molar-refractivity contribution in [2.75, 3.05) is 65.4 Å². The van der Waals surface area contributed by atoms with Gasteiger partial charge in [-0.1, -0.05) is 350 Å². The first-order chi connectivity index (χ1) is 52.0. The van der Waals surface area contributed by atoms with Crippen LogP contribution in [-0.2, 0) is 28.8 Å². The molecule has 0 rings (SSSR count). The first-order valence-electron chi connectivity index (χ1n) is 47.1. The van der Waals surface area contributed by atoms with E-state index in [4.69, 9.17) is 0 Å². The fourth-order valence-corrected chi connectivity index (χ4v) is 15.0. The molecule has 0 saturated carbocycles. The fourth-order valence-electron chi connectivity index (χ4n) is 15.0. The van der Waals surface area contributed by atoms with Crippen molar-refractivity contribution in [3.63, 3.8) is 0 Å². The van der Waals surface area contributed by atoms with Crippen molar-refractivity contribution in [2.45, 2.75) is 490 Å². The fraction of sp³-hybridized carbons (Fsp3) is 0.935. The zero-order chi connectivity index (χ0) is 77.2. The molecular formula is C92H182N8O6. The first kappa shape index (κ1) is 103. The summed E-state index contributed by atoms with van der Waals surface area (Å²) < 4.78 is 0. The van der Waals surface area contributed by atoms with Crippen LogP contribution in [-0.4, -0.2) is 123 Å². The molecule has 14 heteroatoms. The van der Waals surface area contributed by atoms with Gasteiger partial charge in [-0.3, -0.25) is 28.8 Å². The minimum absolute atomic E-state index is 0.0979. The number of rotatable bonds is 87. The quantitative estimate of drug-likeness (QED) is 0.0326. The Morgan fingerprint density at radius 3 is 0.642 bits per heavy atom. The number of hydrogen-bond donors (Lipinski definition) is 6. The summed E-state index contributed by atoms with van der Waals surface area (Å²) in [5.74, 6) is 0.598. The highest BCUT2D eigenvalue weighted by atomic mass is 16.2. The second kappa shape index (κ2) is 84.2. The minimum Gasteiger partial charge on any atom is -0.356 e. The second-order valence-electron chi connectivity index (χ2n) is 32.7. The second-order valence-corrected chi connectivity index (χ2v) is 32.7.